The molecule has 0 aromatic heterocycles. The van der Waals surface area contributed by atoms with Gasteiger partial charge in [-0.2, -0.15) is 0 Å². The second-order valence-corrected chi connectivity index (χ2v) is 3.18. The van der Waals surface area contributed by atoms with Gasteiger partial charge < -0.3 is 10.4 Å². The molecule has 3 heteroatoms. The Morgan fingerprint density at radius 2 is 2.45 bits per heavy atom. The predicted molar refractivity (Wildman–Crippen MR) is 45.4 cm³/mol. The zero-order chi connectivity index (χ0) is 8.10. The van der Waals surface area contributed by atoms with Crippen molar-refractivity contribution in [2.45, 2.75) is 25.9 Å². The van der Waals surface area contributed by atoms with Crippen molar-refractivity contribution < 1.29 is 5.11 Å². The molecule has 1 aliphatic heterocycles. The van der Waals surface area contributed by atoms with Crippen LogP contribution >= 0.6 is 0 Å². The van der Waals surface area contributed by atoms with E-state index in [0.717, 1.165) is 32.7 Å². The van der Waals surface area contributed by atoms with E-state index in [1.807, 2.05) is 0 Å². The Hall–Kier alpha value is -0.120. The summed E-state index contributed by atoms with van der Waals surface area (Å²) in [4.78, 5) is 2.25. The quantitative estimate of drug-likeness (QED) is 0.566. The molecule has 0 aromatic carbocycles. The first-order chi connectivity index (χ1) is 5.33. The van der Waals surface area contributed by atoms with E-state index in [1.165, 1.54) is 6.42 Å². The lowest BCUT2D eigenvalue weighted by Crippen LogP contribution is -2.33. The molecule has 0 amide bonds. The number of likely N-dealkylation sites (tertiary alicyclic amines) is 1. The average Bonchev–Trinajstić information content (AvgIpc) is 2.37. The van der Waals surface area contributed by atoms with Crippen LogP contribution in [0.15, 0.2) is 0 Å². The van der Waals surface area contributed by atoms with Crippen molar-refractivity contribution in [1.82, 2.24) is 10.2 Å². The van der Waals surface area contributed by atoms with Crippen LogP contribution in [0, 0.1) is 0 Å². The van der Waals surface area contributed by atoms with E-state index < -0.39 is 0 Å². The average molecular weight is 158 g/mol. The maximum absolute atomic E-state index is 9.19. The van der Waals surface area contributed by atoms with Gasteiger partial charge in [-0.3, -0.25) is 4.90 Å². The van der Waals surface area contributed by atoms with E-state index in [4.69, 9.17) is 0 Å². The topological polar surface area (TPSA) is 35.5 Å². The van der Waals surface area contributed by atoms with E-state index in [1.54, 1.807) is 0 Å². The summed E-state index contributed by atoms with van der Waals surface area (Å²) >= 11 is 0. The lowest BCUT2D eigenvalue weighted by Gasteiger charge is -2.14. The van der Waals surface area contributed by atoms with Crippen molar-refractivity contribution in [3.8, 4) is 0 Å². The van der Waals surface area contributed by atoms with Gasteiger partial charge in [0.25, 0.3) is 0 Å². The van der Waals surface area contributed by atoms with E-state index in [9.17, 15) is 5.11 Å². The van der Waals surface area contributed by atoms with Gasteiger partial charge in [-0.1, -0.05) is 6.92 Å². The van der Waals surface area contributed by atoms with Gasteiger partial charge in [-0.05, 0) is 19.4 Å². The number of aliphatic hydroxyl groups is 1. The van der Waals surface area contributed by atoms with Crippen LogP contribution in [0.4, 0.5) is 0 Å². The highest BCUT2D eigenvalue weighted by atomic mass is 16.3. The first-order valence-electron chi connectivity index (χ1n) is 4.44. The zero-order valence-corrected chi connectivity index (χ0v) is 7.21. The predicted octanol–water partition coefficient (Wildman–Crippen LogP) is 0.0101. The van der Waals surface area contributed by atoms with Crippen LogP contribution in [0.3, 0.4) is 0 Å². The molecule has 0 saturated carbocycles. The fourth-order valence-electron chi connectivity index (χ4n) is 1.37. The molecule has 1 atom stereocenters. The Kier molecular flexibility index (Phi) is 3.83. The number of rotatable bonds is 4. The fraction of sp³-hybridized carbons (Fsp3) is 1.00. The van der Waals surface area contributed by atoms with Gasteiger partial charge in [0, 0.05) is 19.8 Å². The van der Waals surface area contributed by atoms with Gasteiger partial charge >= 0.3 is 0 Å². The molecule has 0 aliphatic carbocycles. The summed E-state index contributed by atoms with van der Waals surface area (Å²) < 4.78 is 0. The van der Waals surface area contributed by atoms with E-state index in [2.05, 4.69) is 17.1 Å². The number of β-amino-alcohol motifs (C(OH)–C–C–N with tert-alkyl or cyclic N) is 1. The SMILES string of the molecule is CCCNCN1CCC(O)C1. The van der Waals surface area contributed by atoms with Crippen LogP contribution < -0.4 is 5.32 Å². The van der Waals surface area contributed by atoms with Crippen LogP contribution in [0.5, 0.6) is 0 Å². The second-order valence-electron chi connectivity index (χ2n) is 3.18. The van der Waals surface area contributed by atoms with Crippen molar-refractivity contribution in [3.05, 3.63) is 0 Å². The van der Waals surface area contributed by atoms with Crippen LogP contribution in [-0.4, -0.2) is 42.4 Å². The molecular formula is C8H18N2O. The van der Waals surface area contributed by atoms with Crippen molar-refractivity contribution in [1.29, 1.82) is 0 Å². The Morgan fingerprint density at radius 1 is 1.64 bits per heavy atom. The largest absolute Gasteiger partial charge is 0.392 e. The molecular weight excluding hydrogens is 140 g/mol. The molecule has 0 aromatic rings. The summed E-state index contributed by atoms with van der Waals surface area (Å²) in [5, 5.41) is 12.5. The van der Waals surface area contributed by atoms with Crippen LogP contribution in [0.2, 0.25) is 0 Å². The van der Waals surface area contributed by atoms with Gasteiger partial charge in [-0.15, -0.1) is 0 Å². The smallest absolute Gasteiger partial charge is 0.0679 e. The molecule has 1 saturated heterocycles. The molecule has 66 valence electrons. The van der Waals surface area contributed by atoms with E-state index in [-0.39, 0.29) is 6.10 Å². The minimum absolute atomic E-state index is 0.0848. The molecule has 2 N–H and O–H groups in total. The first kappa shape index (κ1) is 8.97. The highest BCUT2D eigenvalue weighted by molar-refractivity contribution is 4.73. The normalized spacial score (nSPS) is 26.2. The highest BCUT2D eigenvalue weighted by Gasteiger charge is 2.18. The minimum atomic E-state index is -0.0848. The van der Waals surface area contributed by atoms with Gasteiger partial charge in [0.1, 0.15) is 0 Å². The fourth-order valence-corrected chi connectivity index (χ4v) is 1.37. The Bertz CT molecular complexity index is 108. The van der Waals surface area contributed by atoms with Crippen LogP contribution in [-0.2, 0) is 0 Å². The molecule has 1 heterocycles. The molecule has 1 fully saturated rings. The third kappa shape index (κ3) is 3.18. The molecule has 0 bridgehead atoms. The third-order valence-corrected chi connectivity index (χ3v) is 2.01. The summed E-state index contributed by atoms with van der Waals surface area (Å²) in [6.07, 6.45) is 2.03. The van der Waals surface area contributed by atoms with Crippen molar-refractivity contribution in [2.24, 2.45) is 0 Å². The molecule has 11 heavy (non-hydrogen) atoms. The number of nitrogens with one attached hydrogen (secondary N) is 1. The summed E-state index contributed by atoms with van der Waals surface area (Å²) in [6, 6.07) is 0. The third-order valence-electron chi connectivity index (χ3n) is 2.01. The summed E-state index contributed by atoms with van der Waals surface area (Å²) in [5.41, 5.74) is 0. The lowest BCUT2D eigenvalue weighted by atomic mass is 10.3. The van der Waals surface area contributed by atoms with E-state index in [0.29, 0.717) is 0 Å². The minimum Gasteiger partial charge on any atom is -0.392 e. The zero-order valence-electron chi connectivity index (χ0n) is 7.21. The standard InChI is InChI=1S/C8H18N2O/c1-2-4-9-7-10-5-3-8(11)6-10/h8-9,11H,2-7H2,1H3. The van der Waals surface area contributed by atoms with Crippen molar-refractivity contribution in [3.63, 3.8) is 0 Å². The Balaban J connectivity index is 1.99. The lowest BCUT2D eigenvalue weighted by molar-refractivity contribution is 0.173. The molecule has 1 rings (SSSR count). The number of hydrogen-bond acceptors (Lipinski definition) is 3. The van der Waals surface area contributed by atoms with Crippen LogP contribution in [0.25, 0.3) is 0 Å². The Morgan fingerprint density at radius 3 is 3.00 bits per heavy atom. The second kappa shape index (κ2) is 4.70. The highest BCUT2D eigenvalue weighted by Crippen LogP contribution is 2.06. The summed E-state index contributed by atoms with van der Waals surface area (Å²) in [6.45, 7) is 6.05. The molecule has 0 radical (unpaired) electrons. The number of aliphatic hydroxyl groups excluding tert-OH is 1. The van der Waals surface area contributed by atoms with Gasteiger partial charge in [0.05, 0.1) is 6.10 Å². The maximum Gasteiger partial charge on any atom is 0.0679 e. The molecule has 0 spiro atoms. The molecule has 3 nitrogen and oxygen atoms in total. The van der Waals surface area contributed by atoms with Gasteiger partial charge in [-0.25, -0.2) is 0 Å². The van der Waals surface area contributed by atoms with Gasteiger partial charge in [0.15, 0.2) is 0 Å². The molecule has 1 aliphatic rings. The van der Waals surface area contributed by atoms with Crippen molar-refractivity contribution in [2.75, 3.05) is 26.3 Å². The van der Waals surface area contributed by atoms with E-state index >= 15 is 0 Å². The maximum atomic E-state index is 9.19. The van der Waals surface area contributed by atoms with Gasteiger partial charge in [0.2, 0.25) is 0 Å². The number of hydrogen-bond donors (Lipinski definition) is 2. The van der Waals surface area contributed by atoms with Crippen LogP contribution in [0.1, 0.15) is 19.8 Å². The summed E-state index contributed by atoms with van der Waals surface area (Å²) in [5.74, 6) is 0. The van der Waals surface area contributed by atoms with Crippen molar-refractivity contribution >= 4 is 0 Å². The monoisotopic (exact) mass is 158 g/mol. The first-order valence-corrected chi connectivity index (χ1v) is 4.44. The Labute approximate surface area is 68.4 Å². The molecule has 1 unspecified atom stereocenters. The number of nitrogens with zero attached hydrogens (tertiary/aromatic N) is 1. The summed E-state index contributed by atoms with van der Waals surface area (Å²) in [7, 11) is 0.